The lowest BCUT2D eigenvalue weighted by Crippen LogP contribution is -2.35. The van der Waals surface area contributed by atoms with Gasteiger partial charge in [-0.05, 0) is 44.5 Å². The minimum Gasteiger partial charge on any atom is -0.479 e. The van der Waals surface area contributed by atoms with Crippen molar-refractivity contribution in [2.75, 3.05) is 11.9 Å². The van der Waals surface area contributed by atoms with Gasteiger partial charge in [0.25, 0.3) is 5.91 Å². The van der Waals surface area contributed by atoms with Gasteiger partial charge in [0.15, 0.2) is 11.9 Å². The van der Waals surface area contributed by atoms with Crippen molar-refractivity contribution in [1.82, 2.24) is 5.32 Å². The van der Waals surface area contributed by atoms with Crippen LogP contribution >= 0.6 is 0 Å². The lowest BCUT2D eigenvalue weighted by molar-refractivity contribution is -0.122. The Kier molecular flexibility index (Phi) is 2.98. The molecule has 2 heterocycles. The molecule has 5 nitrogen and oxygen atoms in total. The molecular weight excluding hydrogens is 244 g/mol. The summed E-state index contributed by atoms with van der Waals surface area (Å²) in [7, 11) is 0. The molecule has 2 unspecified atom stereocenters. The zero-order chi connectivity index (χ0) is 13.4. The molecule has 0 bridgehead atoms. The van der Waals surface area contributed by atoms with Gasteiger partial charge >= 0.3 is 0 Å². The van der Waals surface area contributed by atoms with Crippen molar-refractivity contribution < 1.29 is 14.3 Å². The highest BCUT2D eigenvalue weighted by atomic mass is 16.5. The third-order valence-corrected chi connectivity index (χ3v) is 3.57. The van der Waals surface area contributed by atoms with Crippen LogP contribution in [0.4, 0.5) is 5.69 Å². The minimum absolute atomic E-state index is 0.0770. The van der Waals surface area contributed by atoms with Gasteiger partial charge in [0, 0.05) is 5.56 Å². The summed E-state index contributed by atoms with van der Waals surface area (Å²) < 4.78 is 5.47. The van der Waals surface area contributed by atoms with Crippen molar-refractivity contribution in [3.05, 3.63) is 23.8 Å². The third-order valence-electron chi connectivity index (χ3n) is 3.57. The third kappa shape index (κ3) is 2.21. The molecule has 2 aliphatic heterocycles. The number of nitrogens with one attached hydrogen (secondary N) is 2. The summed E-state index contributed by atoms with van der Waals surface area (Å²) in [6, 6.07) is 5.09. The zero-order valence-electron chi connectivity index (χ0n) is 10.7. The van der Waals surface area contributed by atoms with E-state index in [1.807, 2.05) is 0 Å². The summed E-state index contributed by atoms with van der Waals surface area (Å²) in [6.45, 7) is 2.58. The summed E-state index contributed by atoms with van der Waals surface area (Å²) in [4.78, 5) is 23.8. The Morgan fingerprint density at radius 2 is 2.26 bits per heavy atom. The van der Waals surface area contributed by atoms with E-state index in [0.29, 0.717) is 17.0 Å². The van der Waals surface area contributed by atoms with Crippen molar-refractivity contribution in [1.29, 1.82) is 0 Å². The van der Waals surface area contributed by atoms with Crippen LogP contribution in [0.5, 0.6) is 5.75 Å². The van der Waals surface area contributed by atoms with Crippen LogP contribution in [0, 0.1) is 0 Å². The first kappa shape index (κ1) is 12.2. The first-order valence-electron chi connectivity index (χ1n) is 6.54. The SMILES string of the molecule is CC1Oc2ccc(C(=O)C3CCCN3)cc2NC1=O. The molecule has 0 aliphatic carbocycles. The van der Waals surface area contributed by atoms with Crippen LogP contribution in [0.15, 0.2) is 18.2 Å². The molecule has 2 N–H and O–H groups in total. The average molecular weight is 260 g/mol. The topological polar surface area (TPSA) is 67.4 Å². The molecular formula is C14H16N2O3. The van der Waals surface area contributed by atoms with Crippen LogP contribution < -0.4 is 15.4 Å². The highest BCUT2D eigenvalue weighted by Gasteiger charge is 2.27. The number of hydrogen-bond donors (Lipinski definition) is 2. The Hall–Kier alpha value is -1.88. The normalized spacial score (nSPS) is 25.4. The maximum atomic E-state index is 12.3. The summed E-state index contributed by atoms with van der Waals surface area (Å²) in [5.74, 6) is 0.507. The quantitative estimate of drug-likeness (QED) is 0.787. The molecule has 100 valence electrons. The monoisotopic (exact) mass is 260 g/mol. The van der Waals surface area contributed by atoms with Crippen molar-refractivity contribution in [2.24, 2.45) is 0 Å². The Labute approximate surface area is 111 Å². The highest BCUT2D eigenvalue weighted by molar-refractivity contribution is 6.03. The molecule has 0 aromatic heterocycles. The summed E-state index contributed by atoms with van der Waals surface area (Å²) in [5.41, 5.74) is 1.18. The molecule has 0 radical (unpaired) electrons. The lowest BCUT2D eigenvalue weighted by Gasteiger charge is -2.23. The van der Waals surface area contributed by atoms with Crippen molar-refractivity contribution in [2.45, 2.75) is 31.9 Å². The number of rotatable bonds is 2. The fourth-order valence-corrected chi connectivity index (χ4v) is 2.47. The Morgan fingerprint density at radius 1 is 1.42 bits per heavy atom. The van der Waals surface area contributed by atoms with Crippen LogP contribution in [0.1, 0.15) is 30.1 Å². The highest BCUT2D eigenvalue weighted by Crippen LogP contribution is 2.31. The Balaban J connectivity index is 1.87. The van der Waals surface area contributed by atoms with E-state index in [2.05, 4.69) is 10.6 Å². The summed E-state index contributed by atoms with van der Waals surface area (Å²) in [5, 5.41) is 5.94. The van der Waals surface area contributed by atoms with E-state index >= 15 is 0 Å². The van der Waals surface area contributed by atoms with E-state index in [1.165, 1.54) is 0 Å². The number of carbonyl (C=O) groups excluding carboxylic acids is 2. The number of hydrogen-bond acceptors (Lipinski definition) is 4. The molecule has 1 saturated heterocycles. The number of anilines is 1. The fraction of sp³-hybridized carbons (Fsp3) is 0.429. The van der Waals surface area contributed by atoms with E-state index in [0.717, 1.165) is 19.4 Å². The fourth-order valence-electron chi connectivity index (χ4n) is 2.47. The minimum atomic E-state index is -0.495. The van der Waals surface area contributed by atoms with Gasteiger partial charge in [0.05, 0.1) is 11.7 Å². The maximum Gasteiger partial charge on any atom is 0.265 e. The van der Waals surface area contributed by atoms with Crippen molar-refractivity contribution >= 4 is 17.4 Å². The second kappa shape index (κ2) is 4.66. The van der Waals surface area contributed by atoms with Crippen LogP contribution in [0.3, 0.4) is 0 Å². The van der Waals surface area contributed by atoms with E-state index in [1.54, 1.807) is 25.1 Å². The summed E-state index contributed by atoms with van der Waals surface area (Å²) in [6.07, 6.45) is 1.40. The second-order valence-corrected chi connectivity index (χ2v) is 4.97. The number of carbonyl (C=O) groups is 2. The van der Waals surface area contributed by atoms with Crippen LogP contribution in [-0.4, -0.2) is 30.4 Å². The maximum absolute atomic E-state index is 12.3. The number of ketones is 1. The van der Waals surface area contributed by atoms with Crippen molar-refractivity contribution in [3.63, 3.8) is 0 Å². The summed E-state index contributed by atoms with van der Waals surface area (Å²) >= 11 is 0. The molecule has 0 saturated carbocycles. The molecule has 2 atom stereocenters. The van der Waals surface area contributed by atoms with Gasteiger partial charge in [-0.15, -0.1) is 0 Å². The first-order chi connectivity index (χ1) is 9.15. The number of ether oxygens (including phenoxy) is 1. The molecule has 1 fully saturated rings. The number of benzene rings is 1. The molecule has 2 aliphatic rings. The van der Waals surface area contributed by atoms with Gasteiger partial charge in [-0.2, -0.15) is 0 Å². The van der Waals surface area contributed by atoms with Gasteiger partial charge in [0.2, 0.25) is 0 Å². The Bertz CT molecular complexity index is 535. The molecule has 3 rings (SSSR count). The average Bonchev–Trinajstić information content (AvgIpc) is 2.93. The van der Waals surface area contributed by atoms with E-state index in [4.69, 9.17) is 4.74 Å². The van der Waals surface area contributed by atoms with Gasteiger partial charge in [-0.25, -0.2) is 0 Å². The predicted molar refractivity (Wildman–Crippen MR) is 70.5 cm³/mol. The molecule has 1 aromatic rings. The van der Waals surface area contributed by atoms with Crippen molar-refractivity contribution in [3.8, 4) is 5.75 Å². The largest absolute Gasteiger partial charge is 0.479 e. The lowest BCUT2D eigenvalue weighted by atomic mass is 10.0. The van der Waals surface area contributed by atoms with E-state index in [-0.39, 0.29) is 17.7 Å². The zero-order valence-corrected chi connectivity index (χ0v) is 10.7. The van der Waals surface area contributed by atoms with Gasteiger partial charge < -0.3 is 15.4 Å². The molecule has 19 heavy (non-hydrogen) atoms. The number of amides is 1. The Morgan fingerprint density at radius 3 is 3.00 bits per heavy atom. The number of fused-ring (bicyclic) bond motifs is 1. The van der Waals surface area contributed by atoms with E-state index in [9.17, 15) is 9.59 Å². The standard InChI is InChI=1S/C14H16N2O3/c1-8-14(18)16-11-7-9(4-5-12(11)19-8)13(17)10-3-2-6-15-10/h4-5,7-8,10,15H,2-3,6H2,1H3,(H,16,18). The molecule has 0 spiro atoms. The predicted octanol–water partition coefficient (Wildman–Crippen LogP) is 1.34. The smallest absolute Gasteiger partial charge is 0.265 e. The van der Waals surface area contributed by atoms with Gasteiger partial charge in [0.1, 0.15) is 5.75 Å². The van der Waals surface area contributed by atoms with Crippen LogP contribution in [0.25, 0.3) is 0 Å². The van der Waals surface area contributed by atoms with Gasteiger partial charge in [-0.3, -0.25) is 9.59 Å². The van der Waals surface area contributed by atoms with Gasteiger partial charge in [-0.1, -0.05) is 0 Å². The molecule has 5 heteroatoms. The molecule has 1 aromatic carbocycles. The van der Waals surface area contributed by atoms with E-state index < -0.39 is 6.10 Å². The van der Waals surface area contributed by atoms with Crippen LogP contribution in [-0.2, 0) is 4.79 Å². The molecule has 1 amide bonds. The number of Topliss-reactive ketones (excluding diaryl/α,β-unsaturated/α-hetero) is 1. The second-order valence-electron chi connectivity index (χ2n) is 4.97. The van der Waals surface area contributed by atoms with Crippen LogP contribution in [0.2, 0.25) is 0 Å². The first-order valence-corrected chi connectivity index (χ1v) is 6.54.